The molecule has 2 amide bonds. The second kappa shape index (κ2) is 7.23. The Morgan fingerprint density at radius 1 is 1.22 bits per heavy atom. The molecule has 0 bridgehead atoms. The van der Waals surface area contributed by atoms with Crippen molar-refractivity contribution in [3.63, 3.8) is 0 Å². The van der Waals surface area contributed by atoms with Crippen molar-refractivity contribution in [3.8, 4) is 11.5 Å². The number of aryl methyl sites for hydroxylation is 1. The zero-order valence-electron chi connectivity index (χ0n) is 14.8. The molecule has 2 aromatic rings. The highest BCUT2D eigenvalue weighted by molar-refractivity contribution is 9.10. The van der Waals surface area contributed by atoms with Gasteiger partial charge >= 0.3 is 0 Å². The van der Waals surface area contributed by atoms with E-state index in [2.05, 4.69) is 21.2 Å². The van der Waals surface area contributed by atoms with Crippen LogP contribution in [-0.4, -0.2) is 25.2 Å². The van der Waals surface area contributed by atoms with E-state index in [1.807, 2.05) is 43.3 Å². The average molecular weight is 431 g/mol. The van der Waals surface area contributed by atoms with Crippen LogP contribution < -0.4 is 19.7 Å². The standard InChI is InChI=1S/C20H19BrN2O4/c1-12-2-4-14(21)9-16(12)23-7-6-15(20(23)25)19(24)22-10-13-3-5-17-18(8-13)27-11-26-17/h2-5,8-9,15H,6-7,10-11H2,1H3,(H,22,24). The Morgan fingerprint density at radius 3 is 2.89 bits per heavy atom. The summed E-state index contributed by atoms with van der Waals surface area (Å²) in [5, 5.41) is 2.87. The average Bonchev–Trinajstić information content (AvgIpc) is 3.27. The van der Waals surface area contributed by atoms with E-state index in [0.29, 0.717) is 31.0 Å². The number of carbonyl (C=O) groups excluding carboxylic acids is 2. The molecule has 140 valence electrons. The first kappa shape index (κ1) is 17.9. The SMILES string of the molecule is Cc1ccc(Br)cc1N1CCC(C(=O)NCc2ccc3c(c2)OCO3)C1=O. The Labute approximate surface area is 165 Å². The molecule has 27 heavy (non-hydrogen) atoms. The van der Waals surface area contributed by atoms with E-state index in [1.54, 1.807) is 4.90 Å². The molecule has 1 saturated heterocycles. The maximum absolute atomic E-state index is 12.8. The van der Waals surface area contributed by atoms with E-state index in [9.17, 15) is 9.59 Å². The molecule has 1 unspecified atom stereocenters. The highest BCUT2D eigenvalue weighted by Gasteiger charge is 2.38. The van der Waals surface area contributed by atoms with E-state index >= 15 is 0 Å². The van der Waals surface area contributed by atoms with Crippen LogP contribution in [0.15, 0.2) is 40.9 Å². The number of hydrogen-bond acceptors (Lipinski definition) is 4. The number of anilines is 1. The predicted molar refractivity (Wildman–Crippen MR) is 104 cm³/mol. The number of fused-ring (bicyclic) bond motifs is 1. The molecule has 4 rings (SSSR count). The minimum atomic E-state index is -0.655. The van der Waals surface area contributed by atoms with Crippen molar-refractivity contribution in [1.82, 2.24) is 5.32 Å². The second-order valence-corrected chi connectivity index (χ2v) is 7.58. The fourth-order valence-corrected chi connectivity index (χ4v) is 3.75. The Morgan fingerprint density at radius 2 is 2.04 bits per heavy atom. The first-order chi connectivity index (χ1) is 13.0. The van der Waals surface area contributed by atoms with Crippen LogP contribution in [0, 0.1) is 12.8 Å². The molecule has 1 fully saturated rings. The summed E-state index contributed by atoms with van der Waals surface area (Å²) in [6.45, 7) is 3.06. The number of hydrogen-bond donors (Lipinski definition) is 1. The van der Waals surface area contributed by atoms with Crippen molar-refractivity contribution in [3.05, 3.63) is 52.0 Å². The third-order valence-electron chi connectivity index (χ3n) is 4.89. The number of rotatable bonds is 4. The maximum Gasteiger partial charge on any atom is 0.239 e. The van der Waals surface area contributed by atoms with Gasteiger partial charge in [-0.15, -0.1) is 0 Å². The first-order valence-corrected chi connectivity index (χ1v) is 9.56. The summed E-state index contributed by atoms with van der Waals surface area (Å²) in [6, 6.07) is 11.4. The molecule has 0 radical (unpaired) electrons. The van der Waals surface area contributed by atoms with Crippen molar-refractivity contribution in [2.24, 2.45) is 5.92 Å². The summed E-state index contributed by atoms with van der Waals surface area (Å²) in [4.78, 5) is 27.1. The van der Waals surface area contributed by atoms with Gasteiger partial charge in [0.1, 0.15) is 5.92 Å². The first-order valence-electron chi connectivity index (χ1n) is 8.77. The van der Waals surface area contributed by atoms with Crippen molar-refractivity contribution in [1.29, 1.82) is 0 Å². The molecular weight excluding hydrogens is 412 g/mol. The molecule has 6 nitrogen and oxygen atoms in total. The monoisotopic (exact) mass is 430 g/mol. The van der Waals surface area contributed by atoms with Gasteiger partial charge < -0.3 is 19.7 Å². The zero-order valence-corrected chi connectivity index (χ0v) is 16.4. The second-order valence-electron chi connectivity index (χ2n) is 6.67. The molecule has 0 saturated carbocycles. The normalized spacial score (nSPS) is 18.1. The third-order valence-corrected chi connectivity index (χ3v) is 5.38. The predicted octanol–water partition coefficient (Wildman–Crippen LogP) is 3.16. The lowest BCUT2D eigenvalue weighted by molar-refractivity contribution is -0.132. The van der Waals surface area contributed by atoms with E-state index in [-0.39, 0.29) is 18.6 Å². The van der Waals surface area contributed by atoms with Crippen molar-refractivity contribution < 1.29 is 19.1 Å². The van der Waals surface area contributed by atoms with Gasteiger partial charge in [-0.3, -0.25) is 9.59 Å². The molecule has 1 N–H and O–H groups in total. The number of nitrogens with zero attached hydrogens (tertiary/aromatic N) is 1. The summed E-state index contributed by atoms with van der Waals surface area (Å²) in [7, 11) is 0. The van der Waals surface area contributed by atoms with Crippen molar-refractivity contribution in [2.75, 3.05) is 18.2 Å². The summed E-state index contributed by atoms with van der Waals surface area (Å²) in [6.07, 6.45) is 0.512. The quantitative estimate of drug-likeness (QED) is 0.756. The van der Waals surface area contributed by atoms with Gasteiger partial charge in [0.15, 0.2) is 11.5 Å². The fraction of sp³-hybridized carbons (Fsp3) is 0.300. The minimum absolute atomic E-state index is 0.153. The molecule has 0 aromatic heterocycles. The van der Waals surface area contributed by atoms with Gasteiger partial charge in [-0.25, -0.2) is 0 Å². The van der Waals surface area contributed by atoms with E-state index in [0.717, 1.165) is 21.3 Å². The summed E-state index contributed by atoms with van der Waals surface area (Å²) in [5.41, 5.74) is 2.76. The van der Waals surface area contributed by atoms with Crippen LogP contribution in [0.1, 0.15) is 17.5 Å². The number of benzene rings is 2. The molecule has 2 aromatic carbocycles. The molecule has 2 heterocycles. The van der Waals surface area contributed by atoms with Crippen molar-refractivity contribution >= 4 is 33.4 Å². The van der Waals surface area contributed by atoms with Gasteiger partial charge in [0.05, 0.1) is 0 Å². The van der Waals surface area contributed by atoms with Crippen LogP contribution in [0.3, 0.4) is 0 Å². The third kappa shape index (κ3) is 3.51. The molecular formula is C20H19BrN2O4. The van der Waals surface area contributed by atoms with Gasteiger partial charge in [-0.2, -0.15) is 0 Å². The van der Waals surface area contributed by atoms with Crippen LogP contribution in [0.5, 0.6) is 11.5 Å². The smallest absolute Gasteiger partial charge is 0.239 e. The summed E-state index contributed by atoms with van der Waals surface area (Å²) in [5.74, 6) is 0.329. The largest absolute Gasteiger partial charge is 0.454 e. The van der Waals surface area contributed by atoms with Gasteiger partial charge in [0.25, 0.3) is 0 Å². The summed E-state index contributed by atoms with van der Waals surface area (Å²) >= 11 is 3.44. The van der Waals surface area contributed by atoms with Crippen LogP contribution in [0.2, 0.25) is 0 Å². The summed E-state index contributed by atoms with van der Waals surface area (Å²) < 4.78 is 11.5. The van der Waals surface area contributed by atoms with Gasteiger partial charge in [0.2, 0.25) is 18.6 Å². The van der Waals surface area contributed by atoms with E-state index < -0.39 is 5.92 Å². The molecule has 0 spiro atoms. The highest BCUT2D eigenvalue weighted by Crippen LogP contribution is 2.33. The van der Waals surface area contributed by atoms with Crippen LogP contribution >= 0.6 is 15.9 Å². The highest BCUT2D eigenvalue weighted by atomic mass is 79.9. The molecule has 2 aliphatic heterocycles. The van der Waals surface area contributed by atoms with Crippen molar-refractivity contribution in [2.45, 2.75) is 19.9 Å². The lowest BCUT2D eigenvalue weighted by Gasteiger charge is -2.19. The molecule has 1 atom stereocenters. The Kier molecular flexibility index (Phi) is 4.78. The van der Waals surface area contributed by atoms with Gasteiger partial charge in [-0.1, -0.05) is 28.1 Å². The Balaban J connectivity index is 1.41. The lowest BCUT2D eigenvalue weighted by atomic mass is 10.1. The number of halogens is 1. The van der Waals surface area contributed by atoms with Crippen LogP contribution in [0.25, 0.3) is 0 Å². The van der Waals surface area contributed by atoms with Crippen LogP contribution in [0.4, 0.5) is 5.69 Å². The maximum atomic E-state index is 12.8. The topological polar surface area (TPSA) is 67.9 Å². The zero-order chi connectivity index (χ0) is 19.0. The van der Waals surface area contributed by atoms with Gasteiger partial charge in [-0.05, 0) is 48.7 Å². The molecule has 7 heteroatoms. The van der Waals surface area contributed by atoms with E-state index in [1.165, 1.54) is 0 Å². The Hall–Kier alpha value is -2.54. The molecule has 0 aliphatic carbocycles. The van der Waals surface area contributed by atoms with Gasteiger partial charge in [0, 0.05) is 23.2 Å². The van der Waals surface area contributed by atoms with Crippen LogP contribution in [-0.2, 0) is 16.1 Å². The fourth-order valence-electron chi connectivity index (χ4n) is 3.40. The minimum Gasteiger partial charge on any atom is -0.454 e. The molecule has 2 aliphatic rings. The number of amides is 2. The van der Waals surface area contributed by atoms with E-state index in [4.69, 9.17) is 9.47 Å². The Bertz CT molecular complexity index is 915. The number of ether oxygens (including phenoxy) is 2. The number of carbonyl (C=O) groups is 2. The lowest BCUT2D eigenvalue weighted by Crippen LogP contribution is -2.36. The number of nitrogens with one attached hydrogen (secondary N) is 1.